The van der Waals surface area contributed by atoms with Crippen LogP contribution in [0.25, 0.3) is 0 Å². The SMILES string of the molecule is O=C(N/N=C/c1cc(Br)c(O)c(Br)c1)C(c1ccccc1)c1ccccc1. The first-order valence-corrected chi connectivity index (χ1v) is 9.75. The molecule has 2 N–H and O–H groups in total. The zero-order chi connectivity index (χ0) is 19.2. The first kappa shape index (κ1) is 19.3. The molecule has 0 aliphatic rings. The van der Waals surface area contributed by atoms with Gasteiger partial charge >= 0.3 is 0 Å². The van der Waals surface area contributed by atoms with Crippen LogP contribution in [-0.4, -0.2) is 17.2 Å². The Kier molecular flexibility index (Phi) is 6.42. The fraction of sp³-hybridized carbons (Fsp3) is 0.0476. The number of phenolic OH excluding ortho intramolecular Hbond substituents is 1. The molecule has 3 rings (SSSR count). The molecule has 0 heterocycles. The number of amides is 1. The zero-order valence-corrected chi connectivity index (χ0v) is 17.3. The minimum absolute atomic E-state index is 0.115. The average Bonchev–Trinajstić information content (AvgIpc) is 2.68. The van der Waals surface area contributed by atoms with Gasteiger partial charge in [-0.25, -0.2) is 5.43 Å². The third-order valence-electron chi connectivity index (χ3n) is 3.96. The molecule has 0 aliphatic carbocycles. The molecule has 0 bridgehead atoms. The van der Waals surface area contributed by atoms with E-state index in [-0.39, 0.29) is 11.7 Å². The van der Waals surface area contributed by atoms with E-state index in [0.717, 1.165) is 16.7 Å². The lowest BCUT2D eigenvalue weighted by molar-refractivity contribution is -0.121. The molecule has 1 amide bonds. The van der Waals surface area contributed by atoms with Crippen LogP contribution in [0.3, 0.4) is 0 Å². The van der Waals surface area contributed by atoms with Crippen molar-refractivity contribution in [1.29, 1.82) is 0 Å². The quantitative estimate of drug-likeness (QED) is 0.383. The van der Waals surface area contributed by atoms with Crippen molar-refractivity contribution < 1.29 is 9.90 Å². The van der Waals surface area contributed by atoms with Crippen molar-refractivity contribution in [3.05, 3.63) is 98.4 Å². The van der Waals surface area contributed by atoms with Gasteiger partial charge < -0.3 is 5.11 Å². The number of benzene rings is 3. The fourth-order valence-electron chi connectivity index (χ4n) is 2.68. The standard InChI is InChI=1S/C21H16Br2N2O2/c22-17-11-14(12-18(23)20(17)26)13-24-25-21(27)19(15-7-3-1-4-8-15)16-9-5-2-6-10-16/h1-13,19,26H,(H,25,27)/b24-13+. The van der Waals surface area contributed by atoms with E-state index >= 15 is 0 Å². The summed E-state index contributed by atoms with van der Waals surface area (Å²) in [5.41, 5.74) is 5.13. The summed E-state index contributed by atoms with van der Waals surface area (Å²) in [7, 11) is 0. The summed E-state index contributed by atoms with van der Waals surface area (Å²) in [5.74, 6) is -0.562. The van der Waals surface area contributed by atoms with Gasteiger partial charge in [-0.15, -0.1) is 0 Å². The molecule has 0 spiro atoms. The highest BCUT2D eigenvalue weighted by atomic mass is 79.9. The molecule has 0 radical (unpaired) electrons. The Morgan fingerprint density at radius 2 is 1.41 bits per heavy atom. The molecule has 0 atom stereocenters. The van der Waals surface area contributed by atoms with E-state index in [1.165, 1.54) is 6.21 Å². The van der Waals surface area contributed by atoms with Crippen molar-refractivity contribution in [3.8, 4) is 5.75 Å². The van der Waals surface area contributed by atoms with Crippen molar-refractivity contribution >= 4 is 44.0 Å². The molecule has 136 valence electrons. The van der Waals surface area contributed by atoms with Crippen LogP contribution in [0.1, 0.15) is 22.6 Å². The van der Waals surface area contributed by atoms with Crippen molar-refractivity contribution in [2.45, 2.75) is 5.92 Å². The lowest BCUT2D eigenvalue weighted by Crippen LogP contribution is -2.26. The van der Waals surface area contributed by atoms with Gasteiger partial charge in [0, 0.05) is 0 Å². The number of aromatic hydroxyl groups is 1. The minimum Gasteiger partial charge on any atom is -0.506 e. The minimum atomic E-state index is -0.456. The van der Waals surface area contributed by atoms with Crippen LogP contribution in [-0.2, 0) is 4.79 Å². The fourth-order valence-corrected chi connectivity index (χ4v) is 3.90. The van der Waals surface area contributed by atoms with E-state index in [9.17, 15) is 9.90 Å². The second-order valence-corrected chi connectivity index (χ2v) is 7.53. The highest BCUT2D eigenvalue weighted by Gasteiger charge is 2.22. The van der Waals surface area contributed by atoms with E-state index < -0.39 is 5.92 Å². The monoisotopic (exact) mass is 486 g/mol. The summed E-state index contributed by atoms with van der Waals surface area (Å²) in [6, 6.07) is 22.6. The van der Waals surface area contributed by atoms with E-state index in [0.29, 0.717) is 8.95 Å². The van der Waals surface area contributed by atoms with Crippen molar-refractivity contribution in [1.82, 2.24) is 5.43 Å². The van der Waals surface area contributed by atoms with Crippen LogP contribution in [0.5, 0.6) is 5.75 Å². The van der Waals surface area contributed by atoms with Crippen molar-refractivity contribution in [2.24, 2.45) is 5.10 Å². The first-order valence-electron chi connectivity index (χ1n) is 8.17. The number of rotatable bonds is 5. The van der Waals surface area contributed by atoms with Gasteiger partial charge in [0.05, 0.1) is 21.1 Å². The highest BCUT2D eigenvalue weighted by Crippen LogP contribution is 2.32. The molecule has 0 aromatic heterocycles. The number of hydrogen-bond acceptors (Lipinski definition) is 3. The number of hydrogen-bond donors (Lipinski definition) is 2. The molecule has 4 nitrogen and oxygen atoms in total. The molecule has 0 saturated carbocycles. The molecular weight excluding hydrogens is 472 g/mol. The Labute approximate surface area is 174 Å². The molecule has 0 unspecified atom stereocenters. The third kappa shape index (κ3) is 4.84. The second kappa shape index (κ2) is 8.97. The summed E-state index contributed by atoms with van der Waals surface area (Å²) in [4.78, 5) is 12.8. The predicted octanol–water partition coefficient (Wildman–Crippen LogP) is 5.20. The Morgan fingerprint density at radius 3 is 1.89 bits per heavy atom. The number of hydrazone groups is 1. The van der Waals surface area contributed by atoms with E-state index in [1.54, 1.807) is 12.1 Å². The van der Waals surface area contributed by atoms with Gasteiger partial charge in [0.2, 0.25) is 0 Å². The topological polar surface area (TPSA) is 61.7 Å². The molecule has 0 fully saturated rings. The van der Waals surface area contributed by atoms with Crippen LogP contribution in [0, 0.1) is 0 Å². The van der Waals surface area contributed by atoms with Gasteiger partial charge in [0.25, 0.3) is 5.91 Å². The van der Waals surface area contributed by atoms with Crippen LogP contribution < -0.4 is 5.43 Å². The van der Waals surface area contributed by atoms with Gasteiger partial charge in [0.1, 0.15) is 5.75 Å². The number of nitrogens with zero attached hydrogens (tertiary/aromatic N) is 1. The number of carbonyl (C=O) groups is 1. The van der Waals surface area contributed by atoms with Crippen molar-refractivity contribution in [3.63, 3.8) is 0 Å². The highest BCUT2D eigenvalue weighted by molar-refractivity contribution is 9.11. The Balaban J connectivity index is 1.81. The second-order valence-electron chi connectivity index (χ2n) is 5.82. The van der Waals surface area contributed by atoms with Crippen LogP contribution in [0.2, 0.25) is 0 Å². The smallest absolute Gasteiger partial charge is 0.252 e. The maximum Gasteiger partial charge on any atom is 0.252 e. The lowest BCUT2D eigenvalue weighted by Gasteiger charge is -2.16. The number of nitrogens with one attached hydrogen (secondary N) is 1. The summed E-state index contributed by atoms with van der Waals surface area (Å²) in [6.07, 6.45) is 1.53. The third-order valence-corrected chi connectivity index (χ3v) is 5.16. The Bertz CT molecular complexity index is 898. The van der Waals surface area contributed by atoms with Gasteiger partial charge in [-0.05, 0) is 60.7 Å². The number of carbonyl (C=O) groups excluding carboxylic acids is 1. The largest absolute Gasteiger partial charge is 0.506 e. The normalized spacial score (nSPS) is 11.1. The maximum atomic E-state index is 12.8. The van der Waals surface area contributed by atoms with Gasteiger partial charge in [0.15, 0.2) is 0 Å². The van der Waals surface area contributed by atoms with Crippen molar-refractivity contribution in [2.75, 3.05) is 0 Å². The molecule has 0 saturated heterocycles. The zero-order valence-electron chi connectivity index (χ0n) is 14.1. The Morgan fingerprint density at radius 1 is 0.926 bits per heavy atom. The summed E-state index contributed by atoms with van der Waals surface area (Å²) in [6.45, 7) is 0. The molecular formula is C21H16Br2N2O2. The molecule has 6 heteroatoms. The predicted molar refractivity (Wildman–Crippen MR) is 114 cm³/mol. The van der Waals surface area contributed by atoms with E-state index in [1.807, 2.05) is 60.7 Å². The molecule has 3 aromatic rings. The van der Waals surface area contributed by atoms with E-state index in [2.05, 4.69) is 42.4 Å². The molecule has 0 aliphatic heterocycles. The molecule has 27 heavy (non-hydrogen) atoms. The number of halogens is 2. The van der Waals surface area contributed by atoms with Gasteiger partial charge in [-0.1, -0.05) is 60.7 Å². The number of phenols is 1. The van der Waals surface area contributed by atoms with Gasteiger partial charge in [-0.3, -0.25) is 4.79 Å². The van der Waals surface area contributed by atoms with Gasteiger partial charge in [-0.2, -0.15) is 5.10 Å². The van der Waals surface area contributed by atoms with Crippen LogP contribution in [0.4, 0.5) is 0 Å². The summed E-state index contributed by atoms with van der Waals surface area (Å²) >= 11 is 6.55. The van der Waals surface area contributed by atoms with E-state index in [4.69, 9.17) is 0 Å². The van der Waals surface area contributed by atoms with Crippen LogP contribution >= 0.6 is 31.9 Å². The van der Waals surface area contributed by atoms with Crippen LogP contribution in [0.15, 0.2) is 86.8 Å². The lowest BCUT2D eigenvalue weighted by atomic mass is 9.91. The Hall–Kier alpha value is -2.44. The summed E-state index contributed by atoms with van der Waals surface area (Å²) in [5, 5.41) is 13.8. The maximum absolute atomic E-state index is 12.8. The first-order chi connectivity index (χ1) is 13.1. The molecule has 3 aromatic carbocycles. The summed E-state index contributed by atoms with van der Waals surface area (Å²) < 4.78 is 1.08. The average molecular weight is 488 g/mol.